The van der Waals surface area contributed by atoms with E-state index in [4.69, 9.17) is 4.74 Å². The molecule has 0 bridgehead atoms. The molecule has 0 unspecified atom stereocenters. The van der Waals surface area contributed by atoms with E-state index in [1.165, 1.54) is 12.1 Å². The number of aryl methyl sites for hydroxylation is 1. The fourth-order valence-corrected chi connectivity index (χ4v) is 4.54. The molecule has 1 N–H and O–H groups in total. The lowest BCUT2D eigenvalue weighted by molar-refractivity contribution is -0.114. The van der Waals surface area contributed by atoms with Gasteiger partial charge in [0, 0.05) is 5.69 Å². The monoisotopic (exact) mass is 438 g/mol. The summed E-state index contributed by atoms with van der Waals surface area (Å²) in [5.41, 5.74) is 3.06. The van der Waals surface area contributed by atoms with E-state index >= 15 is 0 Å². The van der Waals surface area contributed by atoms with E-state index < -0.39 is 15.9 Å². The number of rotatable bonds is 8. The van der Waals surface area contributed by atoms with Gasteiger partial charge < -0.3 is 10.1 Å². The quantitative estimate of drug-likeness (QED) is 0.560. The maximum Gasteiger partial charge on any atom is 0.264 e. The number of carbonyl (C=O) groups excluding carboxylic acids is 1. The molecule has 6 nitrogen and oxygen atoms in total. The first kappa shape index (κ1) is 22.4. The molecule has 3 aromatic carbocycles. The van der Waals surface area contributed by atoms with Gasteiger partial charge in [0.15, 0.2) is 0 Å². The molecule has 7 heteroatoms. The molecule has 0 spiro atoms. The summed E-state index contributed by atoms with van der Waals surface area (Å²) in [4.78, 5) is 12.9. The predicted octanol–water partition coefficient (Wildman–Crippen LogP) is 4.54. The fourth-order valence-electron chi connectivity index (χ4n) is 3.12. The molecular weight excluding hydrogens is 412 g/mol. The summed E-state index contributed by atoms with van der Waals surface area (Å²) in [6.07, 6.45) is 0. The van der Waals surface area contributed by atoms with E-state index in [0.29, 0.717) is 23.7 Å². The largest absolute Gasteiger partial charge is 0.494 e. The summed E-state index contributed by atoms with van der Waals surface area (Å²) in [7, 11) is -3.97. The average molecular weight is 439 g/mol. The average Bonchev–Trinajstić information content (AvgIpc) is 2.76. The molecule has 0 aromatic heterocycles. The summed E-state index contributed by atoms with van der Waals surface area (Å²) in [6, 6.07) is 20.4. The highest BCUT2D eigenvalue weighted by Crippen LogP contribution is 2.25. The minimum atomic E-state index is -3.97. The third-order valence-corrected chi connectivity index (χ3v) is 6.72. The maximum absolute atomic E-state index is 13.4. The summed E-state index contributed by atoms with van der Waals surface area (Å²) in [6.45, 7) is 5.86. The maximum atomic E-state index is 13.4. The van der Waals surface area contributed by atoms with Crippen molar-refractivity contribution in [2.45, 2.75) is 25.7 Å². The molecule has 0 fully saturated rings. The number of benzene rings is 3. The number of ether oxygens (including phenoxy) is 1. The smallest absolute Gasteiger partial charge is 0.264 e. The third kappa shape index (κ3) is 5.24. The van der Waals surface area contributed by atoms with Gasteiger partial charge in [0.25, 0.3) is 10.0 Å². The molecule has 0 heterocycles. The molecule has 3 aromatic rings. The van der Waals surface area contributed by atoms with Gasteiger partial charge in [-0.3, -0.25) is 9.10 Å². The van der Waals surface area contributed by atoms with Gasteiger partial charge in [-0.15, -0.1) is 0 Å². The van der Waals surface area contributed by atoms with Crippen LogP contribution in [0, 0.1) is 13.8 Å². The number of anilines is 2. The minimum Gasteiger partial charge on any atom is -0.494 e. The molecule has 1 amide bonds. The summed E-state index contributed by atoms with van der Waals surface area (Å²) in [5.74, 6) is 0.160. The Labute approximate surface area is 183 Å². The Bertz CT molecular complexity index is 1140. The highest BCUT2D eigenvalue weighted by Gasteiger charge is 2.27. The van der Waals surface area contributed by atoms with E-state index in [-0.39, 0.29) is 11.4 Å². The molecule has 0 aliphatic carbocycles. The zero-order valence-electron chi connectivity index (χ0n) is 17.8. The van der Waals surface area contributed by atoms with Gasteiger partial charge in [-0.1, -0.05) is 30.3 Å². The van der Waals surface area contributed by atoms with Crippen molar-refractivity contribution in [3.05, 3.63) is 83.9 Å². The molecular formula is C24H26N2O4S. The molecule has 3 rings (SSSR count). The van der Waals surface area contributed by atoms with Crippen LogP contribution in [0.5, 0.6) is 5.75 Å². The van der Waals surface area contributed by atoms with Gasteiger partial charge in [-0.05, 0) is 74.4 Å². The van der Waals surface area contributed by atoms with Crippen LogP contribution in [0.25, 0.3) is 0 Å². The van der Waals surface area contributed by atoms with Crippen molar-refractivity contribution in [3.63, 3.8) is 0 Å². The zero-order valence-corrected chi connectivity index (χ0v) is 18.6. The summed E-state index contributed by atoms with van der Waals surface area (Å²) in [5, 5.41) is 2.84. The normalized spacial score (nSPS) is 11.1. The topological polar surface area (TPSA) is 75.7 Å². The van der Waals surface area contributed by atoms with E-state index in [0.717, 1.165) is 15.4 Å². The van der Waals surface area contributed by atoms with Crippen molar-refractivity contribution in [3.8, 4) is 5.75 Å². The lowest BCUT2D eigenvalue weighted by Crippen LogP contribution is -2.38. The number of hydrogen-bond acceptors (Lipinski definition) is 4. The fraction of sp³-hybridized carbons (Fsp3) is 0.208. The van der Waals surface area contributed by atoms with Crippen molar-refractivity contribution in [2.75, 3.05) is 22.8 Å². The molecule has 0 saturated carbocycles. The highest BCUT2D eigenvalue weighted by molar-refractivity contribution is 7.92. The summed E-state index contributed by atoms with van der Waals surface area (Å²) < 4.78 is 33.3. The Morgan fingerprint density at radius 1 is 0.935 bits per heavy atom. The van der Waals surface area contributed by atoms with Crippen molar-refractivity contribution < 1.29 is 17.9 Å². The van der Waals surface area contributed by atoms with Crippen molar-refractivity contribution in [1.29, 1.82) is 0 Å². The number of sulfonamides is 1. The first-order valence-corrected chi connectivity index (χ1v) is 11.4. The minimum absolute atomic E-state index is 0.0827. The van der Waals surface area contributed by atoms with Crippen LogP contribution in [0.15, 0.2) is 77.7 Å². The Balaban J connectivity index is 1.91. The number of para-hydroxylation sites is 1. The van der Waals surface area contributed by atoms with Crippen molar-refractivity contribution in [2.24, 2.45) is 0 Å². The first-order chi connectivity index (χ1) is 14.8. The first-order valence-electron chi connectivity index (χ1n) is 9.99. The van der Waals surface area contributed by atoms with Gasteiger partial charge in [-0.2, -0.15) is 0 Å². The summed E-state index contributed by atoms with van der Waals surface area (Å²) >= 11 is 0. The van der Waals surface area contributed by atoms with Gasteiger partial charge in [0.2, 0.25) is 5.91 Å². The Morgan fingerprint density at radius 2 is 1.61 bits per heavy atom. The second-order valence-electron chi connectivity index (χ2n) is 7.05. The van der Waals surface area contributed by atoms with Gasteiger partial charge in [0.05, 0.1) is 17.2 Å². The van der Waals surface area contributed by atoms with Crippen LogP contribution in [0.3, 0.4) is 0 Å². The van der Waals surface area contributed by atoms with Gasteiger partial charge in [-0.25, -0.2) is 8.42 Å². The van der Waals surface area contributed by atoms with E-state index in [9.17, 15) is 13.2 Å². The highest BCUT2D eigenvalue weighted by atomic mass is 32.2. The van der Waals surface area contributed by atoms with E-state index in [1.807, 2.05) is 32.9 Å². The zero-order chi connectivity index (χ0) is 22.4. The third-order valence-electron chi connectivity index (χ3n) is 4.93. The molecule has 31 heavy (non-hydrogen) atoms. The Morgan fingerprint density at radius 3 is 2.26 bits per heavy atom. The Hall–Kier alpha value is -3.32. The number of amides is 1. The number of nitrogens with one attached hydrogen (secondary N) is 1. The molecule has 162 valence electrons. The number of carbonyl (C=O) groups is 1. The van der Waals surface area contributed by atoms with Crippen LogP contribution in [-0.4, -0.2) is 27.5 Å². The van der Waals surface area contributed by atoms with Gasteiger partial charge >= 0.3 is 0 Å². The number of nitrogens with zero attached hydrogens (tertiary/aromatic N) is 1. The van der Waals surface area contributed by atoms with Crippen LogP contribution in [0.4, 0.5) is 11.4 Å². The predicted molar refractivity (Wildman–Crippen MR) is 123 cm³/mol. The lowest BCUT2D eigenvalue weighted by Gasteiger charge is -2.24. The lowest BCUT2D eigenvalue weighted by atomic mass is 10.1. The molecule has 0 aliphatic heterocycles. The Kier molecular flexibility index (Phi) is 6.97. The van der Waals surface area contributed by atoms with E-state index in [1.54, 1.807) is 48.5 Å². The van der Waals surface area contributed by atoms with Crippen molar-refractivity contribution >= 4 is 27.3 Å². The van der Waals surface area contributed by atoms with Crippen LogP contribution in [0.1, 0.15) is 18.1 Å². The number of hydrogen-bond donors (Lipinski definition) is 1. The molecule has 0 radical (unpaired) electrons. The molecule has 0 aliphatic rings. The standard InChI is InChI=1S/C24H26N2O4S/c1-4-30-21-13-15-22(16-14-21)31(28,29)26(20-10-6-5-7-11-20)17-24(27)25-23-12-8-9-18(2)19(23)3/h5-16H,4,17H2,1-3H3,(H,25,27). The molecule has 0 atom stereocenters. The van der Waals surface area contributed by atoms with Gasteiger partial charge in [0.1, 0.15) is 12.3 Å². The molecule has 0 saturated heterocycles. The van der Waals surface area contributed by atoms with Crippen LogP contribution >= 0.6 is 0 Å². The van der Waals surface area contributed by atoms with Crippen LogP contribution < -0.4 is 14.4 Å². The van der Waals surface area contributed by atoms with Crippen LogP contribution in [-0.2, 0) is 14.8 Å². The van der Waals surface area contributed by atoms with E-state index in [2.05, 4.69) is 5.32 Å². The van der Waals surface area contributed by atoms with Crippen molar-refractivity contribution in [1.82, 2.24) is 0 Å². The van der Waals surface area contributed by atoms with Crippen LogP contribution in [0.2, 0.25) is 0 Å². The second kappa shape index (κ2) is 9.66. The second-order valence-corrected chi connectivity index (χ2v) is 8.91. The SMILES string of the molecule is CCOc1ccc(S(=O)(=O)N(CC(=O)Nc2cccc(C)c2C)c2ccccc2)cc1.